The summed E-state index contributed by atoms with van der Waals surface area (Å²) in [6, 6.07) is 7.51. The first kappa shape index (κ1) is 17.7. The molecule has 0 unspecified atom stereocenters. The van der Waals surface area contributed by atoms with E-state index in [1.165, 1.54) is 11.8 Å². The highest BCUT2D eigenvalue weighted by Crippen LogP contribution is 2.28. The molecule has 3 heterocycles. The summed E-state index contributed by atoms with van der Waals surface area (Å²) in [6.07, 6.45) is 0. The fourth-order valence-electron chi connectivity index (χ4n) is 2.71. The maximum atomic E-state index is 12.4. The molecular formula is C17H12Br2N4O2S. The number of hydrogen-bond acceptors (Lipinski definition) is 6. The van der Waals surface area contributed by atoms with E-state index in [4.69, 9.17) is 4.42 Å². The SMILES string of the molecule is Cc1cc(C)n(C2=NN=C(c3cc4cc(Br)cc(Br)c4oc3=O)CS2)n1. The Hall–Kier alpha value is -1.71. The largest absolute Gasteiger partial charge is 0.421 e. The molecule has 0 N–H and O–H groups in total. The molecule has 0 bridgehead atoms. The molecule has 4 rings (SSSR count). The summed E-state index contributed by atoms with van der Waals surface area (Å²) >= 11 is 8.35. The van der Waals surface area contributed by atoms with E-state index in [0.717, 1.165) is 25.7 Å². The number of fused-ring (bicyclic) bond motifs is 1. The smallest absolute Gasteiger partial charge is 0.345 e. The zero-order valence-electron chi connectivity index (χ0n) is 13.8. The topological polar surface area (TPSA) is 72.8 Å². The van der Waals surface area contributed by atoms with Gasteiger partial charge in [-0.05, 0) is 54.0 Å². The molecule has 0 saturated heterocycles. The van der Waals surface area contributed by atoms with Crippen molar-refractivity contribution < 1.29 is 4.42 Å². The molecule has 26 heavy (non-hydrogen) atoms. The lowest BCUT2D eigenvalue weighted by atomic mass is 10.1. The number of rotatable bonds is 1. The van der Waals surface area contributed by atoms with Gasteiger partial charge in [0.25, 0.3) is 0 Å². The summed E-state index contributed by atoms with van der Waals surface area (Å²) in [5.41, 5.74) is 3.01. The van der Waals surface area contributed by atoms with Crippen LogP contribution in [0.1, 0.15) is 17.0 Å². The van der Waals surface area contributed by atoms with Crippen LogP contribution in [0.25, 0.3) is 11.0 Å². The summed E-state index contributed by atoms with van der Waals surface area (Å²) in [6.45, 7) is 3.90. The van der Waals surface area contributed by atoms with Crippen LogP contribution in [0.5, 0.6) is 0 Å². The van der Waals surface area contributed by atoms with Gasteiger partial charge in [-0.3, -0.25) is 0 Å². The predicted molar refractivity (Wildman–Crippen MR) is 111 cm³/mol. The number of aromatic nitrogens is 2. The van der Waals surface area contributed by atoms with Gasteiger partial charge < -0.3 is 4.42 Å². The maximum absolute atomic E-state index is 12.4. The van der Waals surface area contributed by atoms with Crippen molar-refractivity contribution in [2.45, 2.75) is 13.8 Å². The third-order valence-corrected chi connectivity index (χ3v) is 5.82. The van der Waals surface area contributed by atoms with Gasteiger partial charge in [-0.1, -0.05) is 27.7 Å². The normalized spacial score (nSPS) is 14.5. The Morgan fingerprint density at radius 1 is 1.15 bits per heavy atom. The van der Waals surface area contributed by atoms with Gasteiger partial charge in [0.1, 0.15) is 0 Å². The first-order valence-corrected chi connectivity index (χ1v) is 10.2. The van der Waals surface area contributed by atoms with Gasteiger partial charge in [-0.2, -0.15) is 10.2 Å². The number of halogens is 2. The molecule has 6 nitrogen and oxygen atoms in total. The van der Waals surface area contributed by atoms with E-state index in [1.54, 1.807) is 10.7 Å². The van der Waals surface area contributed by atoms with Gasteiger partial charge in [0.05, 0.1) is 21.4 Å². The molecule has 1 aromatic carbocycles. The van der Waals surface area contributed by atoms with Gasteiger partial charge in [0.15, 0.2) is 5.58 Å². The van der Waals surface area contributed by atoms with Crippen LogP contribution in [0.3, 0.4) is 0 Å². The lowest BCUT2D eigenvalue weighted by Gasteiger charge is -2.12. The Labute approximate surface area is 169 Å². The van der Waals surface area contributed by atoms with Crippen molar-refractivity contribution in [2.75, 3.05) is 5.75 Å². The molecular weight excluding hydrogens is 484 g/mol. The highest BCUT2D eigenvalue weighted by molar-refractivity contribution is 9.11. The van der Waals surface area contributed by atoms with Gasteiger partial charge >= 0.3 is 5.63 Å². The number of thioether (sulfide) groups is 1. The van der Waals surface area contributed by atoms with Crippen LogP contribution in [0.15, 0.2) is 52.6 Å². The molecule has 0 radical (unpaired) electrons. The molecule has 0 aliphatic carbocycles. The summed E-state index contributed by atoms with van der Waals surface area (Å²) in [5, 5.41) is 14.4. The van der Waals surface area contributed by atoms with E-state index in [2.05, 4.69) is 47.2 Å². The second kappa shape index (κ2) is 6.79. The molecule has 0 fully saturated rings. The number of nitrogens with zero attached hydrogens (tertiary/aromatic N) is 4. The van der Waals surface area contributed by atoms with Crippen LogP contribution < -0.4 is 5.63 Å². The summed E-state index contributed by atoms with van der Waals surface area (Å²) < 4.78 is 8.86. The van der Waals surface area contributed by atoms with Crippen molar-refractivity contribution in [3.05, 3.63) is 60.6 Å². The summed E-state index contributed by atoms with van der Waals surface area (Å²) in [7, 11) is 0. The van der Waals surface area contributed by atoms with Crippen LogP contribution >= 0.6 is 43.6 Å². The third kappa shape index (κ3) is 3.19. The van der Waals surface area contributed by atoms with Crippen LogP contribution in [0.2, 0.25) is 0 Å². The Morgan fingerprint density at radius 2 is 1.96 bits per heavy atom. The Bertz CT molecular complexity index is 1160. The molecule has 0 spiro atoms. The van der Waals surface area contributed by atoms with Crippen molar-refractivity contribution in [2.24, 2.45) is 10.2 Å². The van der Waals surface area contributed by atoms with E-state index in [9.17, 15) is 4.79 Å². The van der Waals surface area contributed by atoms with Gasteiger partial charge in [-0.25, -0.2) is 9.48 Å². The second-order valence-corrected chi connectivity index (χ2v) is 8.52. The van der Waals surface area contributed by atoms with Crippen molar-refractivity contribution >= 4 is 65.5 Å². The fraction of sp³-hybridized carbons (Fsp3) is 0.176. The first-order chi connectivity index (χ1) is 12.4. The van der Waals surface area contributed by atoms with Crippen molar-refractivity contribution in [3.8, 4) is 0 Å². The highest BCUT2D eigenvalue weighted by atomic mass is 79.9. The average molecular weight is 496 g/mol. The Balaban J connectivity index is 1.78. The number of aryl methyl sites for hydroxylation is 2. The molecule has 1 aliphatic rings. The molecule has 0 saturated carbocycles. The Morgan fingerprint density at radius 3 is 2.62 bits per heavy atom. The van der Waals surface area contributed by atoms with Gasteiger partial charge in [-0.15, -0.1) is 5.10 Å². The van der Waals surface area contributed by atoms with E-state index in [-0.39, 0.29) is 0 Å². The predicted octanol–water partition coefficient (Wildman–Crippen LogP) is 4.49. The quantitative estimate of drug-likeness (QED) is 0.466. The monoisotopic (exact) mass is 494 g/mol. The summed E-state index contributed by atoms with van der Waals surface area (Å²) in [4.78, 5) is 12.4. The zero-order chi connectivity index (χ0) is 18.4. The van der Waals surface area contributed by atoms with Crippen molar-refractivity contribution in [3.63, 3.8) is 0 Å². The number of hydrogen-bond donors (Lipinski definition) is 0. The molecule has 2 aromatic heterocycles. The van der Waals surface area contributed by atoms with Crippen molar-refractivity contribution in [1.29, 1.82) is 0 Å². The van der Waals surface area contributed by atoms with Crippen LogP contribution in [-0.2, 0) is 0 Å². The molecule has 0 atom stereocenters. The van der Waals surface area contributed by atoms with E-state index < -0.39 is 5.63 Å². The van der Waals surface area contributed by atoms with E-state index in [0.29, 0.717) is 27.8 Å². The molecule has 9 heteroatoms. The molecule has 132 valence electrons. The first-order valence-electron chi connectivity index (χ1n) is 7.66. The minimum absolute atomic E-state index is 0.422. The van der Waals surface area contributed by atoms with Crippen LogP contribution in [-0.4, -0.2) is 26.4 Å². The van der Waals surface area contributed by atoms with Crippen LogP contribution in [0.4, 0.5) is 0 Å². The Kier molecular flexibility index (Phi) is 4.62. The average Bonchev–Trinajstić information content (AvgIpc) is 2.94. The van der Waals surface area contributed by atoms with Gasteiger partial charge in [0, 0.05) is 21.3 Å². The maximum Gasteiger partial charge on any atom is 0.345 e. The molecule has 3 aromatic rings. The lowest BCUT2D eigenvalue weighted by Crippen LogP contribution is -2.22. The standard InChI is InChI=1S/C17H12Br2N4O2S/c1-8-3-9(2)23(22-8)17-21-20-14(7-26-17)12-5-10-4-11(18)6-13(19)15(10)25-16(12)24/h3-6H,7H2,1-2H3. The highest BCUT2D eigenvalue weighted by Gasteiger charge is 2.20. The van der Waals surface area contributed by atoms with E-state index in [1.807, 2.05) is 32.0 Å². The third-order valence-electron chi connectivity index (χ3n) is 3.85. The molecule has 0 amide bonds. The zero-order valence-corrected chi connectivity index (χ0v) is 17.8. The van der Waals surface area contributed by atoms with Crippen molar-refractivity contribution in [1.82, 2.24) is 9.78 Å². The second-order valence-electron chi connectivity index (χ2n) is 5.81. The fourth-order valence-corrected chi connectivity index (χ4v) is 4.93. The summed E-state index contributed by atoms with van der Waals surface area (Å²) in [5.74, 6) is 0.516. The lowest BCUT2D eigenvalue weighted by molar-refractivity contribution is 0.557. The minimum Gasteiger partial charge on any atom is -0.421 e. The van der Waals surface area contributed by atoms with Crippen LogP contribution in [0, 0.1) is 13.8 Å². The molecule has 1 aliphatic heterocycles. The van der Waals surface area contributed by atoms with E-state index >= 15 is 0 Å². The number of benzene rings is 1. The van der Waals surface area contributed by atoms with Gasteiger partial charge in [0.2, 0.25) is 5.17 Å². The minimum atomic E-state index is -0.426.